The van der Waals surface area contributed by atoms with Gasteiger partial charge in [-0.15, -0.1) is 0 Å². The van der Waals surface area contributed by atoms with E-state index in [1.807, 2.05) is 0 Å². The van der Waals surface area contributed by atoms with Crippen LogP contribution < -0.4 is 0 Å². The van der Waals surface area contributed by atoms with Crippen molar-refractivity contribution in [3.05, 3.63) is 0 Å². The van der Waals surface area contributed by atoms with Crippen LogP contribution in [0.3, 0.4) is 0 Å². The third-order valence-corrected chi connectivity index (χ3v) is 7.45. The molecular weight excluding hydrogens is 512 g/mol. The summed E-state index contributed by atoms with van der Waals surface area (Å²) in [5.74, 6) is 0. The van der Waals surface area contributed by atoms with Crippen LogP contribution >= 0.6 is 0 Å². The number of hydrogen-bond donors (Lipinski definition) is 6. The van der Waals surface area contributed by atoms with Crippen LogP contribution in [0, 0.1) is 0 Å². The lowest BCUT2D eigenvalue weighted by Gasteiger charge is -2.45. The fraction of sp³-hybridized carbons (Fsp3) is 1.00. The average Bonchev–Trinajstić information content (AvgIpc) is 2.93. The van der Waals surface area contributed by atoms with Gasteiger partial charge in [0.15, 0.2) is 12.6 Å². The number of rotatable bonds is 20. The van der Waals surface area contributed by atoms with Gasteiger partial charge in [-0.05, 0) is 12.8 Å². The summed E-state index contributed by atoms with van der Waals surface area (Å²) in [6.45, 7) is 5.22. The van der Waals surface area contributed by atoms with Crippen LogP contribution in [-0.4, -0.2) is 118 Å². The van der Waals surface area contributed by atoms with E-state index in [2.05, 4.69) is 13.8 Å². The minimum atomic E-state index is -1.64. The molecular formula is C28H54O11. The fourth-order valence-corrected chi connectivity index (χ4v) is 4.83. The lowest BCUT2D eigenvalue weighted by atomic mass is 9.98. The first kappa shape index (κ1) is 34.8. The van der Waals surface area contributed by atoms with E-state index in [0.29, 0.717) is 13.2 Å². The van der Waals surface area contributed by atoms with Crippen molar-refractivity contribution in [2.75, 3.05) is 26.4 Å². The van der Waals surface area contributed by atoms with Crippen molar-refractivity contribution in [2.45, 2.75) is 152 Å². The van der Waals surface area contributed by atoms with Crippen LogP contribution in [0.1, 0.15) is 90.9 Å². The summed E-state index contributed by atoms with van der Waals surface area (Å²) >= 11 is 0. The van der Waals surface area contributed by atoms with Crippen molar-refractivity contribution in [2.24, 2.45) is 0 Å². The maximum atomic E-state index is 10.4. The summed E-state index contributed by atoms with van der Waals surface area (Å²) < 4.78 is 28.2. The molecule has 0 radical (unpaired) electrons. The van der Waals surface area contributed by atoms with Crippen LogP contribution in [0.5, 0.6) is 0 Å². The molecule has 0 aliphatic carbocycles. The zero-order valence-electron chi connectivity index (χ0n) is 23.8. The predicted molar refractivity (Wildman–Crippen MR) is 143 cm³/mol. The van der Waals surface area contributed by atoms with Crippen molar-refractivity contribution >= 4 is 0 Å². The zero-order valence-corrected chi connectivity index (χ0v) is 23.8. The smallest absolute Gasteiger partial charge is 0.189 e. The van der Waals surface area contributed by atoms with Gasteiger partial charge >= 0.3 is 0 Å². The number of aliphatic hydroxyl groups excluding tert-OH is 6. The summed E-state index contributed by atoms with van der Waals surface area (Å²) in [5, 5.41) is 62.3. The van der Waals surface area contributed by atoms with E-state index in [1.165, 1.54) is 38.5 Å². The third kappa shape index (κ3) is 11.8. The van der Waals surface area contributed by atoms with Gasteiger partial charge in [0.25, 0.3) is 0 Å². The van der Waals surface area contributed by atoms with E-state index in [-0.39, 0.29) is 13.2 Å². The first-order valence-electron chi connectivity index (χ1n) is 15.0. The minimum absolute atomic E-state index is 0.0237. The molecule has 2 rings (SSSR count). The van der Waals surface area contributed by atoms with Crippen molar-refractivity contribution in [3.63, 3.8) is 0 Å². The van der Waals surface area contributed by atoms with Crippen molar-refractivity contribution in [1.29, 1.82) is 0 Å². The summed E-state index contributed by atoms with van der Waals surface area (Å²) in [7, 11) is 0. The van der Waals surface area contributed by atoms with Gasteiger partial charge in [-0.25, -0.2) is 0 Å². The van der Waals surface area contributed by atoms with Crippen LogP contribution in [0.2, 0.25) is 0 Å². The van der Waals surface area contributed by atoms with Crippen LogP contribution in [0.15, 0.2) is 0 Å². The zero-order chi connectivity index (χ0) is 28.6. The predicted octanol–water partition coefficient (Wildman–Crippen LogP) is 1.37. The second kappa shape index (κ2) is 19.6. The molecule has 0 spiro atoms. The first-order chi connectivity index (χ1) is 18.8. The summed E-state index contributed by atoms with van der Waals surface area (Å²) in [6.07, 6.45) is -0.933. The number of hydrogen-bond acceptors (Lipinski definition) is 11. The van der Waals surface area contributed by atoms with Crippen molar-refractivity contribution in [3.8, 4) is 0 Å². The van der Waals surface area contributed by atoms with Gasteiger partial charge in [0.1, 0.15) is 48.8 Å². The van der Waals surface area contributed by atoms with Crippen molar-refractivity contribution in [1.82, 2.24) is 0 Å². The summed E-state index contributed by atoms with van der Waals surface area (Å²) in [5.41, 5.74) is 0. The monoisotopic (exact) mass is 566 g/mol. The lowest BCUT2D eigenvalue weighted by Crippen LogP contribution is -2.63. The van der Waals surface area contributed by atoms with Crippen LogP contribution in [-0.2, 0) is 23.7 Å². The topological polar surface area (TPSA) is 168 Å². The Labute approximate surface area is 233 Å². The minimum Gasteiger partial charge on any atom is -0.387 e. The molecule has 2 heterocycles. The Bertz CT molecular complexity index is 562. The van der Waals surface area contributed by atoms with Gasteiger partial charge in [-0.2, -0.15) is 0 Å². The van der Waals surface area contributed by atoms with E-state index < -0.39 is 61.4 Å². The Morgan fingerprint density at radius 1 is 0.462 bits per heavy atom. The highest BCUT2D eigenvalue weighted by Crippen LogP contribution is 2.28. The Morgan fingerprint density at radius 3 is 1.21 bits per heavy atom. The summed E-state index contributed by atoms with van der Waals surface area (Å²) in [6, 6.07) is 0. The highest BCUT2D eigenvalue weighted by molar-refractivity contribution is 4.92. The first-order valence-corrected chi connectivity index (χ1v) is 15.0. The highest BCUT2D eigenvalue weighted by atomic mass is 16.8. The fourth-order valence-electron chi connectivity index (χ4n) is 4.83. The Balaban J connectivity index is 1.81. The molecule has 0 aromatic heterocycles. The number of unbranched alkanes of at least 4 members (excludes halogenated alkanes) is 10. The van der Waals surface area contributed by atoms with E-state index in [9.17, 15) is 30.6 Å². The molecule has 39 heavy (non-hydrogen) atoms. The Kier molecular flexibility index (Phi) is 17.5. The van der Waals surface area contributed by atoms with Gasteiger partial charge in [0.2, 0.25) is 0 Å². The molecule has 1 unspecified atom stereocenters. The number of aliphatic hydroxyl groups is 6. The van der Waals surface area contributed by atoms with Gasteiger partial charge in [0.05, 0.1) is 13.2 Å². The van der Waals surface area contributed by atoms with Crippen LogP contribution in [0.25, 0.3) is 0 Å². The standard InChI is InChI=1S/C28H54O11/c1-3-5-7-9-11-13-15-35-17-19-21(29)23(31)25(33)27(37-19)39-28-26(34)24(32)22(30)20(38-28)18-36-16-14-12-10-8-6-4-2/h19-34H,3-18H2,1-2H3/t19-,20-,21-,22-,23-,24+,25-,26-,27-,28?/m1/s1. The van der Waals surface area contributed by atoms with E-state index >= 15 is 0 Å². The maximum Gasteiger partial charge on any atom is 0.189 e. The molecule has 2 aliphatic rings. The van der Waals surface area contributed by atoms with Gasteiger partial charge in [0, 0.05) is 13.2 Å². The highest BCUT2D eigenvalue weighted by Gasteiger charge is 2.49. The molecule has 0 amide bonds. The molecule has 232 valence electrons. The second-order valence-corrected chi connectivity index (χ2v) is 10.9. The average molecular weight is 567 g/mol. The third-order valence-electron chi connectivity index (χ3n) is 7.45. The second-order valence-electron chi connectivity index (χ2n) is 10.9. The Hall–Kier alpha value is -0.440. The quantitative estimate of drug-likeness (QED) is 0.118. The number of ether oxygens (including phenoxy) is 5. The molecule has 11 nitrogen and oxygen atoms in total. The van der Waals surface area contributed by atoms with Crippen LogP contribution in [0.4, 0.5) is 0 Å². The van der Waals surface area contributed by atoms with E-state index in [0.717, 1.165) is 38.5 Å². The normalized spacial score (nSPS) is 35.4. The molecule has 2 fully saturated rings. The SMILES string of the molecule is CCCCCCCCOC[C@H]1O[C@H](OC2O[C@H](COCCCCCCCC)[C@@H](O)[C@H](O)[C@H]2O)[C@H](O)[C@H](O)[C@@H]1O. The van der Waals surface area contributed by atoms with Gasteiger partial charge < -0.3 is 54.3 Å². The Morgan fingerprint density at radius 2 is 0.821 bits per heavy atom. The molecule has 11 heteroatoms. The lowest BCUT2D eigenvalue weighted by molar-refractivity contribution is -0.377. The molecule has 10 atom stereocenters. The maximum absolute atomic E-state index is 10.4. The van der Waals surface area contributed by atoms with Crippen molar-refractivity contribution < 1.29 is 54.3 Å². The van der Waals surface area contributed by atoms with Gasteiger partial charge in [-0.3, -0.25) is 0 Å². The largest absolute Gasteiger partial charge is 0.387 e. The molecule has 0 aromatic carbocycles. The molecule has 6 N–H and O–H groups in total. The molecule has 0 aromatic rings. The molecule has 0 saturated carbocycles. The van der Waals surface area contributed by atoms with E-state index in [1.54, 1.807) is 0 Å². The van der Waals surface area contributed by atoms with Gasteiger partial charge in [-0.1, -0.05) is 78.1 Å². The molecule has 2 saturated heterocycles. The molecule has 0 bridgehead atoms. The molecule has 2 aliphatic heterocycles. The van der Waals surface area contributed by atoms with E-state index in [4.69, 9.17) is 23.7 Å². The summed E-state index contributed by atoms with van der Waals surface area (Å²) in [4.78, 5) is 0.